The molecule has 2 rings (SSSR count). The van der Waals surface area contributed by atoms with E-state index in [9.17, 15) is 14.7 Å². The molecule has 0 fully saturated rings. The van der Waals surface area contributed by atoms with E-state index in [1.807, 2.05) is 50.2 Å². The number of aryl methyl sites for hydroxylation is 1. The molecule has 1 N–H and O–H groups in total. The third-order valence-corrected chi connectivity index (χ3v) is 4.30. The topological polar surface area (TPSA) is 66.8 Å². The van der Waals surface area contributed by atoms with Crippen LogP contribution in [0.25, 0.3) is 11.1 Å². The van der Waals surface area contributed by atoms with Gasteiger partial charge in [0.15, 0.2) is 0 Å². The van der Waals surface area contributed by atoms with E-state index in [1.165, 1.54) is 4.90 Å². The van der Waals surface area contributed by atoms with Crippen LogP contribution in [0.2, 0.25) is 0 Å². The number of unbranched alkanes of at least 4 members (excludes halogenated alkanes) is 1. The van der Waals surface area contributed by atoms with Crippen LogP contribution in [0, 0.1) is 6.92 Å². The van der Waals surface area contributed by atoms with Gasteiger partial charge in [0.1, 0.15) is 5.60 Å². The van der Waals surface area contributed by atoms with E-state index in [1.54, 1.807) is 26.8 Å². The van der Waals surface area contributed by atoms with E-state index in [4.69, 9.17) is 4.74 Å². The molecule has 150 valence electrons. The zero-order valence-corrected chi connectivity index (χ0v) is 17.3. The summed E-state index contributed by atoms with van der Waals surface area (Å²) in [5.74, 6) is -1.07. The largest absolute Gasteiger partial charge is 0.478 e. The van der Waals surface area contributed by atoms with Gasteiger partial charge in [-0.05, 0) is 50.8 Å². The Morgan fingerprint density at radius 3 is 2.25 bits per heavy atom. The van der Waals surface area contributed by atoms with Crippen LogP contribution in [0.5, 0.6) is 0 Å². The zero-order chi connectivity index (χ0) is 20.9. The Kier molecular flexibility index (Phi) is 6.84. The predicted octanol–water partition coefficient (Wildman–Crippen LogP) is 5.90. The van der Waals surface area contributed by atoms with Crippen molar-refractivity contribution in [2.24, 2.45) is 0 Å². The maximum atomic E-state index is 13.0. The first-order valence-electron chi connectivity index (χ1n) is 9.58. The minimum atomic E-state index is -1.07. The molecule has 0 aliphatic carbocycles. The number of carboxylic acid groups (broad SMARTS) is 1. The Morgan fingerprint density at radius 2 is 1.71 bits per heavy atom. The number of carboxylic acids is 1. The van der Waals surface area contributed by atoms with Crippen molar-refractivity contribution in [1.82, 2.24) is 0 Å². The van der Waals surface area contributed by atoms with Gasteiger partial charge < -0.3 is 9.84 Å². The van der Waals surface area contributed by atoms with Crippen LogP contribution < -0.4 is 4.90 Å². The summed E-state index contributed by atoms with van der Waals surface area (Å²) in [4.78, 5) is 26.7. The van der Waals surface area contributed by atoms with Gasteiger partial charge in [0.25, 0.3) is 0 Å². The Balaban J connectivity index is 2.67. The van der Waals surface area contributed by atoms with Crippen LogP contribution in [0.3, 0.4) is 0 Å². The maximum absolute atomic E-state index is 13.0. The van der Waals surface area contributed by atoms with Gasteiger partial charge in [0.05, 0.1) is 11.3 Å². The number of nitrogens with zero attached hydrogens (tertiary/aromatic N) is 1. The Bertz CT molecular complexity index is 838. The number of hydrogen-bond donors (Lipinski definition) is 1. The van der Waals surface area contributed by atoms with Crippen molar-refractivity contribution in [1.29, 1.82) is 0 Å². The molecule has 5 nitrogen and oxygen atoms in total. The van der Waals surface area contributed by atoms with Gasteiger partial charge in [-0.25, -0.2) is 9.59 Å². The molecule has 0 unspecified atom stereocenters. The monoisotopic (exact) mass is 383 g/mol. The van der Waals surface area contributed by atoms with Gasteiger partial charge in [-0.1, -0.05) is 55.8 Å². The van der Waals surface area contributed by atoms with E-state index < -0.39 is 17.7 Å². The van der Waals surface area contributed by atoms with E-state index in [-0.39, 0.29) is 5.56 Å². The molecular weight excluding hydrogens is 354 g/mol. The van der Waals surface area contributed by atoms with Crippen molar-refractivity contribution in [3.8, 4) is 11.1 Å². The van der Waals surface area contributed by atoms with Crippen LogP contribution in [0.4, 0.5) is 10.5 Å². The standard InChI is InChI=1S/C23H29NO4/c1-6-7-15-24(22(27)28-23(3,4)5)20-16(2)13-14-18(19(20)21(25)26)17-11-9-8-10-12-17/h8-14H,6-7,15H2,1-5H3,(H,25,26). The van der Waals surface area contributed by atoms with Crippen LogP contribution in [-0.2, 0) is 4.74 Å². The van der Waals surface area contributed by atoms with Crippen molar-refractivity contribution in [3.05, 3.63) is 53.6 Å². The molecule has 0 atom stereocenters. The molecule has 0 saturated heterocycles. The number of anilines is 1. The van der Waals surface area contributed by atoms with Crippen LogP contribution in [0.1, 0.15) is 56.5 Å². The predicted molar refractivity (Wildman–Crippen MR) is 112 cm³/mol. The molecule has 0 bridgehead atoms. The van der Waals surface area contributed by atoms with Gasteiger partial charge >= 0.3 is 12.1 Å². The normalized spacial score (nSPS) is 11.2. The Morgan fingerprint density at radius 1 is 1.07 bits per heavy atom. The molecule has 0 spiro atoms. The number of carbonyl (C=O) groups excluding carboxylic acids is 1. The average Bonchev–Trinajstić information content (AvgIpc) is 2.62. The second-order valence-electron chi connectivity index (χ2n) is 7.81. The summed E-state index contributed by atoms with van der Waals surface area (Å²) >= 11 is 0. The summed E-state index contributed by atoms with van der Waals surface area (Å²) in [5.41, 5.74) is 1.94. The quantitative estimate of drug-likeness (QED) is 0.674. The highest BCUT2D eigenvalue weighted by Gasteiger charge is 2.29. The Hall–Kier alpha value is -2.82. The smallest absolute Gasteiger partial charge is 0.414 e. The number of aromatic carboxylic acids is 1. The lowest BCUT2D eigenvalue weighted by atomic mass is 9.95. The van der Waals surface area contributed by atoms with Crippen LogP contribution >= 0.6 is 0 Å². The summed E-state index contributed by atoms with van der Waals surface area (Å²) in [6.07, 6.45) is 1.09. The summed E-state index contributed by atoms with van der Waals surface area (Å²) in [6.45, 7) is 9.64. The number of amides is 1. The summed E-state index contributed by atoms with van der Waals surface area (Å²) in [7, 11) is 0. The number of rotatable bonds is 6. The van der Waals surface area contributed by atoms with Gasteiger partial charge in [-0.15, -0.1) is 0 Å². The molecule has 0 aliphatic heterocycles. The zero-order valence-electron chi connectivity index (χ0n) is 17.3. The molecule has 0 heterocycles. The number of carbonyl (C=O) groups is 2. The third-order valence-electron chi connectivity index (χ3n) is 4.30. The fourth-order valence-corrected chi connectivity index (χ4v) is 3.05. The van der Waals surface area contributed by atoms with Crippen molar-refractivity contribution < 1.29 is 19.4 Å². The first-order valence-corrected chi connectivity index (χ1v) is 9.58. The summed E-state index contributed by atoms with van der Waals surface area (Å²) in [5, 5.41) is 10.0. The van der Waals surface area contributed by atoms with Gasteiger partial charge in [0.2, 0.25) is 0 Å². The molecule has 1 amide bonds. The van der Waals surface area contributed by atoms with E-state index in [2.05, 4.69) is 0 Å². The maximum Gasteiger partial charge on any atom is 0.414 e. The van der Waals surface area contributed by atoms with E-state index >= 15 is 0 Å². The molecule has 0 aliphatic rings. The fourth-order valence-electron chi connectivity index (χ4n) is 3.05. The van der Waals surface area contributed by atoms with Crippen molar-refractivity contribution in [2.75, 3.05) is 11.4 Å². The highest BCUT2D eigenvalue weighted by atomic mass is 16.6. The number of hydrogen-bond acceptors (Lipinski definition) is 3. The Labute approximate surface area is 166 Å². The summed E-state index contributed by atoms with van der Waals surface area (Å²) in [6, 6.07) is 13.0. The number of ether oxygens (including phenoxy) is 1. The van der Waals surface area contributed by atoms with Crippen molar-refractivity contribution >= 4 is 17.7 Å². The average molecular weight is 383 g/mol. The van der Waals surface area contributed by atoms with Gasteiger partial charge in [0, 0.05) is 6.54 Å². The molecule has 2 aromatic carbocycles. The van der Waals surface area contributed by atoms with Crippen molar-refractivity contribution in [3.63, 3.8) is 0 Å². The lowest BCUT2D eigenvalue weighted by Gasteiger charge is -2.30. The molecule has 5 heteroatoms. The van der Waals surface area contributed by atoms with Crippen LogP contribution in [-0.4, -0.2) is 29.3 Å². The van der Waals surface area contributed by atoms with E-state index in [0.717, 1.165) is 24.0 Å². The molecule has 0 saturated carbocycles. The molecule has 28 heavy (non-hydrogen) atoms. The highest BCUT2D eigenvalue weighted by Crippen LogP contribution is 2.35. The lowest BCUT2D eigenvalue weighted by molar-refractivity contribution is 0.0579. The molecule has 0 radical (unpaired) electrons. The lowest BCUT2D eigenvalue weighted by Crippen LogP contribution is -2.38. The first kappa shape index (κ1) is 21.5. The molecule has 2 aromatic rings. The van der Waals surface area contributed by atoms with Crippen LogP contribution in [0.15, 0.2) is 42.5 Å². The summed E-state index contributed by atoms with van der Waals surface area (Å²) < 4.78 is 5.58. The second kappa shape index (κ2) is 8.91. The second-order valence-corrected chi connectivity index (χ2v) is 7.81. The minimum Gasteiger partial charge on any atom is -0.478 e. The molecular formula is C23H29NO4. The molecule has 0 aromatic heterocycles. The van der Waals surface area contributed by atoms with Gasteiger partial charge in [-0.2, -0.15) is 0 Å². The van der Waals surface area contributed by atoms with Gasteiger partial charge in [-0.3, -0.25) is 4.90 Å². The minimum absolute atomic E-state index is 0.119. The van der Waals surface area contributed by atoms with Crippen molar-refractivity contribution in [2.45, 2.75) is 53.1 Å². The first-order chi connectivity index (χ1) is 13.2. The highest BCUT2D eigenvalue weighted by molar-refractivity contribution is 6.06. The number of benzene rings is 2. The third kappa shape index (κ3) is 5.12. The van der Waals surface area contributed by atoms with E-state index in [0.29, 0.717) is 17.8 Å². The fraction of sp³-hybridized carbons (Fsp3) is 0.391. The SMILES string of the molecule is CCCCN(C(=O)OC(C)(C)C)c1c(C)ccc(-c2ccccc2)c1C(=O)O.